The van der Waals surface area contributed by atoms with Crippen molar-refractivity contribution in [2.24, 2.45) is 11.8 Å². The second-order valence-corrected chi connectivity index (χ2v) is 32.0. The number of carboxylic acid groups (broad SMARTS) is 4. The van der Waals surface area contributed by atoms with Gasteiger partial charge in [0.2, 0.25) is 29.5 Å². The lowest BCUT2D eigenvalue weighted by atomic mass is 9.89. The van der Waals surface area contributed by atoms with E-state index in [-0.39, 0.29) is 236 Å². The summed E-state index contributed by atoms with van der Waals surface area (Å²) in [6.45, 7) is 7.99. The van der Waals surface area contributed by atoms with E-state index < -0.39 is 59.7 Å². The number of methoxy groups -OCH3 is 1. The number of benzene rings is 2. The number of carbonyl (C=O) groups excluding carboxylic acids is 11. The lowest BCUT2D eigenvalue weighted by molar-refractivity contribution is -0.144. The maximum absolute atomic E-state index is 13.6. The zero-order valence-corrected chi connectivity index (χ0v) is 77.6. The molecule has 12 N–H and O–H groups in total. The topological polar surface area (TPSA) is 550 Å². The van der Waals surface area contributed by atoms with Crippen molar-refractivity contribution in [1.29, 1.82) is 0 Å². The number of imidazole rings is 1. The molecule has 0 bridgehead atoms. The number of ether oxygens (including phenoxy) is 10. The van der Waals surface area contributed by atoms with Gasteiger partial charge in [-0.3, -0.25) is 57.5 Å². The van der Waals surface area contributed by atoms with Gasteiger partial charge < -0.3 is 110 Å². The molecule has 0 aliphatic carbocycles. The molecule has 748 valence electrons. The number of carboxylic acids is 4. The van der Waals surface area contributed by atoms with E-state index in [0.717, 1.165) is 89.9 Å². The molecule has 0 saturated carbocycles. The van der Waals surface area contributed by atoms with E-state index in [2.05, 4.69) is 41.9 Å². The van der Waals surface area contributed by atoms with Gasteiger partial charge in [-0.05, 0) is 145 Å². The summed E-state index contributed by atoms with van der Waals surface area (Å²) in [5.41, 5.74) is 1.01. The van der Waals surface area contributed by atoms with Crippen molar-refractivity contribution in [3.8, 4) is 11.5 Å². The van der Waals surface area contributed by atoms with Gasteiger partial charge in [-0.2, -0.15) is 0 Å². The van der Waals surface area contributed by atoms with Crippen LogP contribution in [-0.2, 0) is 107 Å². The van der Waals surface area contributed by atoms with Crippen molar-refractivity contribution >= 4 is 88.1 Å². The van der Waals surface area contributed by atoms with Crippen LogP contribution in [0.25, 0.3) is 0 Å². The maximum Gasteiger partial charge on any atom is 0.335 e. The number of carbonyl (C=O) groups is 15. The Morgan fingerprint density at radius 2 is 0.864 bits per heavy atom. The minimum absolute atomic E-state index is 0. The quantitative estimate of drug-likeness (QED) is 0.0235. The van der Waals surface area contributed by atoms with Crippen LogP contribution in [0.3, 0.4) is 0 Å². The second kappa shape index (κ2) is 78.6. The Bertz CT molecular complexity index is 3740. The summed E-state index contributed by atoms with van der Waals surface area (Å²) in [5.74, 6) is -7.06. The largest absolute Gasteiger partial charge is 0.494 e. The van der Waals surface area contributed by atoms with Gasteiger partial charge in [0, 0.05) is 132 Å². The number of aliphatic hydroxyl groups excluding tert-OH is 1. The predicted molar refractivity (Wildman–Crippen MR) is 490 cm³/mol. The smallest absolute Gasteiger partial charge is 0.335 e. The molecule has 5 atom stereocenters. The minimum atomic E-state index is -1.32. The molecule has 3 rings (SSSR count). The summed E-state index contributed by atoms with van der Waals surface area (Å²) in [6, 6.07) is 10.7. The molecular formula is C94H152N8O30. The molecule has 1 heterocycles. The van der Waals surface area contributed by atoms with E-state index >= 15 is 0 Å². The number of aliphatic carboxylic acids is 2. The van der Waals surface area contributed by atoms with Crippen LogP contribution in [-0.4, -0.2) is 294 Å². The van der Waals surface area contributed by atoms with Crippen molar-refractivity contribution in [3.63, 3.8) is 0 Å². The van der Waals surface area contributed by atoms with Gasteiger partial charge in [0.15, 0.2) is 11.6 Å². The molecule has 2 aromatic carbocycles. The van der Waals surface area contributed by atoms with E-state index in [4.69, 9.17) is 57.6 Å². The molecule has 0 aliphatic heterocycles. The molecule has 0 unspecified atom stereocenters. The molecule has 5 amide bonds. The number of nitrogens with one attached hydrogen (secondary N) is 7. The van der Waals surface area contributed by atoms with Crippen LogP contribution in [0.2, 0.25) is 0 Å². The normalized spacial score (nSPS) is 12.2. The molecule has 38 nitrogen and oxygen atoms in total. The number of aromatic carboxylic acids is 2. The van der Waals surface area contributed by atoms with E-state index in [9.17, 15) is 87.2 Å². The number of aromatic nitrogens is 2. The molecule has 0 radical (unpaired) electrons. The monoisotopic (exact) mass is 1870 g/mol. The van der Waals surface area contributed by atoms with E-state index in [0.29, 0.717) is 127 Å². The average molecular weight is 1870 g/mol. The molecule has 0 spiro atoms. The number of Topliss-reactive ketones (excluding diaryl/α,β-unsaturated/α-hetero) is 6. The number of unbranched alkanes of at least 4 members (excludes halogenated alkanes) is 14. The standard InChI is InChI=1S/C61H97N7O19.C33H51NO11.2H2/c1-3-29-84-41-57(75)63-26-12-10-16-47(45(2)69)37-53(71)51(66-40-55(73)54(72)38-48-39-62-44-67-48)18-11-13-27-64-58(76)42-86-36-34-83-32-28-65-59(77)43-85-35-33-82-30-15-17-49(70)22-25-52(61(80)81)68-56(74)19-9-7-5-4-6-8-14-31-87-50-23-20-46(21-24-50)60(78)79;1-42-19-9-11-29(36)25-44-23-22-43-21-18-34-31(37)17-14-27(33(40)41)24-28(35)10-7-5-3-2-4-6-8-20-45-30-15-12-26(13-16-30)32(38)39;;/h20-21,23-24,39,44,47,51-52,54,66,72H,3-19,22,25-38,40-43H2,1-2H3,(H,62,67)(H,63,75)(H,64,76)(H,65,77)(H,68,74)(H,78,79)(H,80,81);12-13,15-16,27H,2-11,14,17-25H2,1H3,(H,34,37)(H,38,39)(H,40,41);2*1H/t47-,51+,52+,54+;27-;;/m11../s1. The number of aliphatic hydroxyl groups is 1. The number of amides is 5. The fraction of sp³-hybridized carbons (Fsp3) is 0.681. The zero-order chi connectivity index (χ0) is 96.8. The van der Waals surface area contributed by atoms with Crippen LogP contribution >= 0.6 is 0 Å². The van der Waals surface area contributed by atoms with Gasteiger partial charge in [-0.1, -0.05) is 77.6 Å². The van der Waals surface area contributed by atoms with Crippen molar-refractivity contribution in [3.05, 3.63) is 77.9 Å². The molecule has 3 aromatic rings. The van der Waals surface area contributed by atoms with Crippen molar-refractivity contribution < 1.29 is 148 Å². The Balaban J connectivity index is 0.00000316. The van der Waals surface area contributed by atoms with Crippen molar-refractivity contribution in [2.75, 3.05) is 152 Å². The molecule has 0 fully saturated rings. The van der Waals surface area contributed by atoms with Crippen LogP contribution in [0.1, 0.15) is 255 Å². The Morgan fingerprint density at radius 3 is 1.37 bits per heavy atom. The number of ketones is 6. The summed E-state index contributed by atoms with van der Waals surface area (Å²) in [4.78, 5) is 188. The SMILES string of the molecule is CCCOCC(=O)NCCCC[C@H](CC(=O)[C@H](CCCCNC(=O)COCCOCCNC(=O)COCCOCCCC(=O)CC[C@H](NC(=O)CCCCCCCCCOc1ccc(C(=O)O)cc1)C(=O)O)NCC(=O)[C@@H](O)Cc1cnc[nH]1)C(C)=O.COCCCC(=O)COCCOCCNC(=O)CC[C@H](CC(=O)CCCCCCCCCOc1ccc(C(=O)O)cc1)C(=O)O.[HH].[HH]. The summed E-state index contributed by atoms with van der Waals surface area (Å²) in [7, 11) is 1.59. The fourth-order valence-electron chi connectivity index (χ4n) is 13.1. The van der Waals surface area contributed by atoms with Crippen LogP contribution in [0.5, 0.6) is 11.5 Å². The van der Waals surface area contributed by atoms with E-state index in [1.165, 1.54) is 43.7 Å². The van der Waals surface area contributed by atoms with Crippen molar-refractivity contribution in [2.45, 2.75) is 250 Å². The molecule has 1 aromatic heterocycles. The highest BCUT2D eigenvalue weighted by Crippen LogP contribution is 2.21. The van der Waals surface area contributed by atoms with Crippen LogP contribution in [0.15, 0.2) is 61.1 Å². The van der Waals surface area contributed by atoms with Crippen LogP contribution < -0.4 is 41.4 Å². The zero-order valence-electron chi connectivity index (χ0n) is 77.6. The number of H-pyrrole nitrogens is 1. The first-order valence-corrected chi connectivity index (χ1v) is 46.5. The number of hydrogen-bond acceptors (Lipinski definition) is 28. The highest BCUT2D eigenvalue weighted by molar-refractivity contribution is 5.92. The fourth-order valence-corrected chi connectivity index (χ4v) is 13.1. The highest BCUT2D eigenvalue weighted by atomic mass is 16.5. The average Bonchev–Trinajstić information content (AvgIpc) is 1.40. The first-order valence-electron chi connectivity index (χ1n) is 46.5. The lowest BCUT2D eigenvalue weighted by Gasteiger charge is -2.21. The van der Waals surface area contributed by atoms with Crippen LogP contribution in [0, 0.1) is 11.8 Å². The van der Waals surface area contributed by atoms with Gasteiger partial charge in [-0.25, -0.2) is 19.4 Å². The summed E-state index contributed by atoms with van der Waals surface area (Å²) in [6.07, 6.45) is 20.6. The Kier molecular flexibility index (Phi) is 70.3. The predicted octanol–water partition coefficient (Wildman–Crippen LogP) is 8.75. The van der Waals surface area contributed by atoms with E-state index in [1.54, 1.807) is 31.4 Å². The van der Waals surface area contributed by atoms with Gasteiger partial charge in [0.1, 0.15) is 73.2 Å². The number of hydrogen-bond donors (Lipinski definition) is 12. The second-order valence-electron chi connectivity index (χ2n) is 32.0. The van der Waals surface area contributed by atoms with E-state index in [1.807, 2.05) is 6.92 Å². The van der Waals surface area contributed by atoms with Gasteiger partial charge in [-0.15, -0.1) is 0 Å². The highest BCUT2D eigenvalue weighted by Gasteiger charge is 2.28. The minimum Gasteiger partial charge on any atom is -0.494 e. The third-order valence-electron chi connectivity index (χ3n) is 20.7. The maximum atomic E-state index is 13.6. The van der Waals surface area contributed by atoms with Gasteiger partial charge in [0.05, 0.1) is 102 Å². The molecule has 132 heavy (non-hydrogen) atoms. The van der Waals surface area contributed by atoms with Gasteiger partial charge in [0.25, 0.3) is 0 Å². The lowest BCUT2D eigenvalue weighted by Crippen LogP contribution is -2.43. The summed E-state index contributed by atoms with van der Waals surface area (Å²) < 4.78 is 53.7. The number of aromatic amines is 1. The number of nitrogens with zero attached hydrogens (tertiary/aromatic N) is 1. The first-order chi connectivity index (χ1) is 63.7. The molecular weight excluding hydrogens is 1720 g/mol. The Morgan fingerprint density at radius 1 is 0.394 bits per heavy atom. The molecule has 38 heteroatoms. The third kappa shape index (κ3) is 65.6. The van der Waals surface area contributed by atoms with Crippen LogP contribution in [0.4, 0.5) is 0 Å². The first kappa shape index (κ1) is 118. The Hall–Kier alpha value is -9.90. The molecule has 0 aliphatic rings. The summed E-state index contributed by atoms with van der Waals surface area (Å²) >= 11 is 0. The summed E-state index contributed by atoms with van der Waals surface area (Å²) in [5, 5.41) is 63.9. The Labute approximate surface area is 778 Å². The van der Waals surface area contributed by atoms with Crippen molar-refractivity contribution in [1.82, 2.24) is 41.9 Å². The van der Waals surface area contributed by atoms with Gasteiger partial charge >= 0.3 is 23.9 Å². The molecule has 0 saturated heterocycles. The third-order valence-corrected chi connectivity index (χ3v) is 20.7. The number of rotatable bonds is 88.